The molecule has 8 heteroatoms. The molecule has 0 atom stereocenters. The molecule has 0 amide bonds. The second-order valence-electron chi connectivity index (χ2n) is 7.85. The first-order valence-electron chi connectivity index (χ1n) is 11.5. The number of nitrogens with zero attached hydrogens (tertiary/aromatic N) is 4. The van der Waals surface area contributed by atoms with E-state index in [2.05, 4.69) is 57.2 Å². The van der Waals surface area contributed by atoms with E-state index in [0.717, 1.165) is 83.4 Å². The van der Waals surface area contributed by atoms with E-state index in [-0.39, 0.29) is 24.0 Å². The van der Waals surface area contributed by atoms with Gasteiger partial charge in [-0.05, 0) is 31.7 Å². The Hall–Kier alpha value is -1.65. The lowest BCUT2D eigenvalue weighted by atomic mass is 10.1. The lowest BCUT2D eigenvalue weighted by molar-refractivity contribution is 0.00991. The summed E-state index contributed by atoms with van der Waals surface area (Å²) < 4.78 is 13.3. The van der Waals surface area contributed by atoms with Gasteiger partial charge in [-0.15, -0.1) is 24.0 Å². The molecule has 1 N–H and O–H groups in total. The van der Waals surface area contributed by atoms with Crippen LogP contribution >= 0.6 is 24.0 Å². The first-order chi connectivity index (χ1) is 15.3. The van der Waals surface area contributed by atoms with Gasteiger partial charge < -0.3 is 24.3 Å². The maximum absolute atomic E-state index is 5.99. The molecule has 0 aliphatic carbocycles. The van der Waals surface area contributed by atoms with Crippen molar-refractivity contribution in [3.8, 4) is 0 Å². The van der Waals surface area contributed by atoms with Gasteiger partial charge in [0.05, 0.1) is 6.10 Å². The summed E-state index contributed by atoms with van der Waals surface area (Å²) in [5, 5.41) is 3.45. The fraction of sp³-hybridized carbons (Fsp3) is 0.583. The average molecular weight is 556 g/mol. The van der Waals surface area contributed by atoms with E-state index < -0.39 is 0 Å². The Bertz CT molecular complexity index is 776. The summed E-state index contributed by atoms with van der Waals surface area (Å²) in [4.78, 5) is 11.8. The summed E-state index contributed by atoms with van der Waals surface area (Å²) in [6.45, 7) is 8.05. The molecule has 178 valence electrons. The van der Waals surface area contributed by atoms with Crippen LogP contribution in [-0.2, 0) is 22.4 Å². The molecule has 1 saturated heterocycles. The van der Waals surface area contributed by atoms with Crippen LogP contribution in [0.5, 0.6) is 0 Å². The third-order valence-corrected chi connectivity index (χ3v) is 5.52. The van der Waals surface area contributed by atoms with Crippen molar-refractivity contribution in [2.24, 2.45) is 4.99 Å². The van der Waals surface area contributed by atoms with E-state index in [4.69, 9.17) is 14.5 Å². The van der Waals surface area contributed by atoms with Gasteiger partial charge in [-0.3, -0.25) is 4.99 Å². The Kier molecular flexibility index (Phi) is 12.7. The Morgan fingerprint density at radius 3 is 2.69 bits per heavy atom. The lowest BCUT2D eigenvalue weighted by Gasteiger charge is -2.34. The van der Waals surface area contributed by atoms with Gasteiger partial charge in [0, 0.05) is 71.9 Å². The maximum atomic E-state index is 5.99. The monoisotopic (exact) mass is 555 g/mol. The van der Waals surface area contributed by atoms with Crippen molar-refractivity contribution >= 4 is 29.9 Å². The van der Waals surface area contributed by atoms with Gasteiger partial charge in [0.1, 0.15) is 5.82 Å². The number of methoxy groups -OCH3 is 1. The van der Waals surface area contributed by atoms with Crippen molar-refractivity contribution in [3.63, 3.8) is 0 Å². The molecule has 7 nitrogen and oxygen atoms in total. The summed E-state index contributed by atoms with van der Waals surface area (Å²) in [5.41, 5.74) is 1.28. The Morgan fingerprint density at radius 1 is 1.19 bits per heavy atom. The summed E-state index contributed by atoms with van der Waals surface area (Å²) in [6, 6.07) is 10.5. The second kappa shape index (κ2) is 15.2. The van der Waals surface area contributed by atoms with E-state index in [1.165, 1.54) is 5.56 Å². The minimum Gasteiger partial charge on any atom is -0.385 e. The number of aliphatic imine (C=N–C) groups is 1. The molecule has 0 unspecified atom stereocenters. The molecule has 1 aliphatic rings. The Morgan fingerprint density at radius 2 is 1.97 bits per heavy atom. The molecule has 2 aromatic rings. The molecule has 3 rings (SSSR count). The van der Waals surface area contributed by atoms with Crippen LogP contribution in [0.1, 0.15) is 37.6 Å². The van der Waals surface area contributed by atoms with E-state index in [1.807, 2.05) is 12.3 Å². The van der Waals surface area contributed by atoms with E-state index >= 15 is 0 Å². The third kappa shape index (κ3) is 8.71. The minimum absolute atomic E-state index is 0. The number of nitrogens with one attached hydrogen (secondary N) is 1. The quantitative estimate of drug-likeness (QED) is 0.199. The maximum Gasteiger partial charge on any atom is 0.193 e. The number of aromatic nitrogens is 2. The topological polar surface area (TPSA) is 63.9 Å². The first kappa shape index (κ1) is 26.6. The summed E-state index contributed by atoms with van der Waals surface area (Å²) >= 11 is 0. The smallest absolute Gasteiger partial charge is 0.193 e. The van der Waals surface area contributed by atoms with Crippen molar-refractivity contribution in [2.45, 2.75) is 45.3 Å². The van der Waals surface area contributed by atoms with Crippen molar-refractivity contribution in [1.29, 1.82) is 0 Å². The number of ether oxygens (including phenoxy) is 2. The zero-order valence-electron chi connectivity index (χ0n) is 19.4. The summed E-state index contributed by atoms with van der Waals surface area (Å²) in [5.74, 6) is 2.08. The first-order valence-corrected chi connectivity index (χ1v) is 11.5. The highest BCUT2D eigenvalue weighted by atomic mass is 127. The van der Waals surface area contributed by atoms with Gasteiger partial charge >= 0.3 is 0 Å². The standard InChI is InChI=1S/C24H37N5O2.HI/c1-3-25-24(28-15-11-22(12-16-28)31-19-7-18-30-2)27-13-10-23-26-14-17-29(23)20-21-8-5-4-6-9-21;/h4-6,8-9,14,17,22H,3,7,10-13,15-16,18-20H2,1-2H3,(H,25,27);1H. The molecular weight excluding hydrogens is 517 g/mol. The lowest BCUT2D eigenvalue weighted by Crippen LogP contribution is -2.47. The van der Waals surface area contributed by atoms with Crippen LogP contribution < -0.4 is 5.32 Å². The van der Waals surface area contributed by atoms with Gasteiger partial charge in [-0.25, -0.2) is 4.98 Å². The van der Waals surface area contributed by atoms with Crippen LogP contribution in [0.2, 0.25) is 0 Å². The summed E-state index contributed by atoms with van der Waals surface area (Å²) in [7, 11) is 1.73. The third-order valence-electron chi connectivity index (χ3n) is 5.52. The average Bonchev–Trinajstić information content (AvgIpc) is 3.24. The highest BCUT2D eigenvalue weighted by Crippen LogP contribution is 2.14. The summed E-state index contributed by atoms with van der Waals surface area (Å²) in [6.07, 6.45) is 8.15. The molecule has 0 saturated carbocycles. The molecule has 0 spiro atoms. The largest absolute Gasteiger partial charge is 0.385 e. The number of rotatable bonds is 11. The number of likely N-dealkylation sites (tertiary alicyclic amines) is 1. The van der Waals surface area contributed by atoms with Gasteiger partial charge in [0.25, 0.3) is 0 Å². The minimum atomic E-state index is 0. The number of hydrogen-bond donors (Lipinski definition) is 1. The van der Waals surface area contributed by atoms with Gasteiger partial charge in [0.15, 0.2) is 5.96 Å². The van der Waals surface area contributed by atoms with Crippen molar-refractivity contribution in [3.05, 3.63) is 54.1 Å². The van der Waals surface area contributed by atoms with Crippen LogP contribution in [-0.4, -0.2) is 73.0 Å². The highest BCUT2D eigenvalue weighted by Gasteiger charge is 2.21. The normalized spacial score (nSPS) is 14.9. The number of hydrogen-bond acceptors (Lipinski definition) is 4. The van der Waals surface area contributed by atoms with Crippen LogP contribution in [0.3, 0.4) is 0 Å². The molecule has 1 aromatic heterocycles. The van der Waals surface area contributed by atoms with Crippen LogP contribution in [0, 0.1) is 0 Å². The SMILES string of the molecule is CCNC(=NCCc1nccn1Cc1ccccc1)N1CCC(OCCCOC)CC1.I. The molecular formula is C24H38IN5O2. The molecule has 2 heterocycles. The van der Waals surface area contributed by atoms with Crippen molar-refractivity contribution < 1.29 is 9.47 Å². The molecule has 0 radical (unpaired) electrons. The molecule has 1 fully saturated rings. The van der Waals surface area contributed by atoms with Crippen LogP contribution in [0.15, 0.2) is 47.7 Å². The second-order valence-corrected chi connectivity index (χ2v) is 7.85. The fourth-order valence-corrected chi connectivity index (χ4v) is 3.87. The van der Waals surface area contributed by atoms with E-state index in [0.29, 0.717) is 6.10 Å². The van der Waals surface area contributed by atoms with E-state index in [1.54, 1.807) is 7.11 Å². The zero-order chi connectivity index (χ0) is 21.7. The molecule has 0 bridgehead atoms. The van der Waals surface area contributed by atoms with Crippen LogP contribution in [0.4, 0.5) is 0 Å². The number of benzene rings is 1. The Labute approximate surface area is 209 Å². The predicted molar refractivity (Wildman–Crippen MR) is 140 cm³/mol. The molecule has 1 aliphatic heterocycles. The number of imidazole rings is 1. The van der Waals surface area contributed by atoms with Gasteiger partial charge in [-0.2, -0.15) is 0 Å². The molecule has 1 aromatic carbocycles. The highest BCUT2D eigenvalue weighted by molar-refractivity contribution is 14.0. The fourth-order valence-electron chi connectivity index (χ4n) is 3.87. The Balaban J connectivity index is 0.00000363. The van der Waals surface area contributed by atoms with Gasteiger partial charge in [-0.1, -0.05) is 30.3 Å². The van der Waals surface area contributed by atoms with Crippen LogP contribution in [0.25, 0.3) is 0 Å². The zero-order valence-corrected chi connectivity index (χ0v) is 21.7. The van der Waals surface area contributed by atoms with Gasteiger partial charge in [0.2, 0.25) is 0 Å². The molecule has 32 heavy (non-hydrogen) atoms. The predicted octanol–water partition coefficient (Wildman–Crippen LogP) is 3.57. The van der Waals surface area contributed by atoms with Crippen molar-refractivity contribution in [2.75, 3.05) is 46.5 Å². The number of piperidine rings is 1. The number of guanidine groups is 1. The number of halogens is 1. The van der Waals surface area contributed by atoms with E-state index in [9.17, 15) is 0 Å². The van der Waals surface area contributed by atoms with Crippen molar-refractivity contribution in [1.82, 2.24) is 19.8 Å².